The molecule has 0 bridgehead atoms. The van der Waals surface area contributed by atoms with Crippen molar-refractivity contribution >= 4 is 11.8 Å². The smallest absolute Gasteiger partial charge is 0.289 e. The average Bonchev–Trinajstić information content (AvgIpc) is 3.30. The molecule has 2 fully saturated rings. The highest BCUT2D eigenvalue weighted by molar-refractivity contribution is 5.93. The van der Waals surface area contributed by atoms with Gasteiger partial charge in [-0.2, -0.15) is 0 Å². The zero-order valence-corrected chi connectivity index (χ0v) is 13.5. The Morgan fingerprint density at radius 1 is 1.42 bits per heavy atom. The lowest BCUT2D eigenvalue weighted by molar-refractivity contribution is -0.130. The van der Waals surface area contributed by atoms with Crippen molar-refractivity contribution in [1.82, 2.24) is 24.8 Å². The van der Waals surface area contributed by atoms with E-state index < -0.39 is 0 Å². The first-order chi connectivity index (χ1) is 11.6. The van der Waals surface area contributed by atoms with E-state index in [0.717, 1.165) is 12.8 Å². The molecule has 0 spiro atoms. The largest absolute Gasteiger partial charge is 0.454 e. The van der Waals surface area contributed by atoms with Gasteiger partial charge in [-0.15, -0.1) is 5.10 Å². The Morgan fingerprint density at radius 3 is 3.08 bits per heavy atom. The number of piperidine rings is 1. The van der Waals surface area contributed by atoms with Crippen molar-refractivity contribution in [3.63, 3.8) is 0 Å². The van der Waals surface area contributed by atoms with Crippen LogP contribution >= 0.6 is 0 Å². The molecular formula is C16H19N5O3. The first-order valence-corrected chi connectivity index (χ1v) is 8.12. The Morgan fingerprint density at radius 2 is 2.29 bits per heavy atom. The van der Waals surface area contributed by atoms with Crippen molar-refractivity contribution < 1.29 is 14.0 Å². The summed E-state index contributed by atoms with van der Waals surface area (Å²) in [6, 6.07) is 3.42. The number of aromatic nitrogens is 3. The average molecular weight is 329 g/mol. The normalized spacial score (nSPS) is 23.6. The molecule has 8 nitrogen and oxygen atoms in total. The van der Waals surface area contributed by atoms with Crippen LogP contribution in [0.4, 0.5) is 0 Å². The van der Waals surface area contributed by atoms with E-state index in [2.05, 4.69) is 10.3 Å². The van der Waals surface area contributed by atoms with Crippen LogP contribution in [0.15, 0.2) is 28.9 Å². The van der Waals surface area contributed by atoms with Gasteiger partial charge in [0.25, 0.3) is 5.91 Å². The van der Waals surface area contributed by atoms with Crippen LogP contribution in [0.1, 0.15) is 29.2 Å². The van der Waals surface area contributed by atoms with Gasteiger partial charge in [0.1, 0.15) is 12.3 Å². The SMILES string of the molecule is CN1C[C@@H]2[C@@H](CCCN2C(=O)c2ccc(Cn3ccnn3)o2)C1=O. The summed E-state index contributed by atoms with van der Waals surface area (Å²) in [6.07, 6.45) is 5.03. The van der Waals surface area contributed by atoms with E-state index in [0.29, 0.717) is 31.2 Å². The van der Waals surface area contributed by atoms with Crippen molar-refractivity contribution in [2.75, 3.05) is 20.1 Å². The summed E-state index contributed by atoms with van der Waals surface area (Å²) in [4.78, 5) is 28.5. The van der Waals surface area contributed by atoms with Gasteiger partial charge in [-0.1, -0.05) is 5.21 Å². The molecule has 2 aliphatic rings. The maximum absolute atomic E-state index is 12.8. The Hall–Kier alpha value is -2.64. The van der Waals surface area contributed by atoms with Crippen LogP contribution in [0.2, 0.25) is 0 Å². The predicted octanol–water partition coefficient (Wildman–Crippen LogP) is 0.612. The maximum atomic E-state index is 12.8. The molecule has 0 radical (unpaired) electrons. The van der Waals surface area contributed by atoms with Crippen molar-refractivity contribution in [1.29, 1.82) is 0 Å². The number of likely N-dealkylation sites (N-methyl/N-ethyl adjacent to an activating group) is 1. The van der Waals surface area contributed by atoms with Gasteiger partial charge < -0.3 is 14.2 Å². The molecule has 0 unspecified atom stereocenters. The molecule has 2 saturated heterocycles. The number of hydrogen-bond donors (Lipinski definition) is 0. The van der Waals surface area contributed by atoms with Gasteiger partial charge in [0.15, 0.2) is 5.76 Å². The van der Waals surface area contributed by atoms with E-state index in [-0.39, 0.29) is 23.8 Å². The minimum atomic E-state index is -0.141. The quantitative estimate of drug-likeness (QED) is 0.824. The number of furan rings is 1. The van der Waals surface area contributed by atoms with Gasteiger partial charge in [0.2, 0.25) is 5.91 Å². The molecule has 2 atom stereocenters. The number of fused-ring (bicyclic) bond motifs is 1. The van der Waals surface area contributed by atoms with Crippen LogP contribution in [0.25, 0.3) is 0 Å². The lowest BCUT2D eigenvalue weighted by Gasteiger charge is -2.35. The monoisotopic (exact) mass is 329 g/mol. The summed E-state index contributed by atoms with van der Waals surface area (Å²) < 4.78 is 7.33. The topological polar surface area (TPSA) is 84.5 Å². The molecule has 2 aromatic rings. The van der Waals surface area contributed by atoms with Crippen LogP contribution in [0.5, 0.6) is 0 Å². The van der Waals surface area contributed by atoms with Gasteiger partial charge in [0, 0.05) is 26.3 Å². The Labute approximate surface area is 139 Å². The van der Waals surface area contributed by atoms with Crippen molar-refractivity contribution in [3.8, 4) is 0 Å². The van der Waals surface area contributed by atoms with Crippen LogP contribution < -0.4 is 0 Å². The van der Waals surface area contributed by atoms with E-state index in [4.69, 9.17) is 4.42 Å². The third-order valence-electron chi connectivity index (χ3n) is 4.86. The number of carbonyl (C=O) groups is 2. The first-order valence-electron chi connectivity index (χ1n) is 8.12. The predicted molar refractivity (Wildman–Crippen MR) is 83.0 cm³/mol. The molecule has 126 valence electrons. The molecule has 0 aliphatic carbocycles. The zero-order chi connectivity index (χ0) is 16.7. The number of amides is 2. The summed E-state index contributed by atoms with van der Waals surface area (Å²) in [5.74, 6) is 0.892. The maximum Gasteiger partial charge on any atom is 0.289 e. The summed E-state index contributed by atoms with van der Waals surface area (Å²) in [7, 11) is 1.80. The number of likely N-dealkylation sites (tertiary alicyclic amines) is 2. The first kappa shape index (κ1) is 14.9. The Balaban J connectivity index is 1.51. The van der Waals surface area contributed by atoms with Crippen LogP contribution in [0, 0.1) is 5.92 Å². The van der Waals surface area contributed by atoms with Crippen molar-refractivity contribution in [2.24, 2.45) is 5.92 Å². The van der Waals surface area contributed by atoms with E-state index in [1.165, 1.54) is 0 Å². The second-order valence-electron chi connectivity index (χ2n) is 6.40. The van der Waals surface area contributed by atoms with Gasteiger partial charge in [-0.05, 0) is 25.0 Å². The highest BCUT2D eigenvalue weighted by atomic mass is 16.4. The van der Waals surface area contributed by atoms with E-state index in [9.17, 15) is 9.59 Å². The number of nitrogens with zero attached hydrogens (tertiary/aromatic N) is 5. The Bertz CT molecular complexity index is 754. The lowest BCUT2D eigenvalue weighted by Crippen LogP contribution is -2.48. The minimum absolute atomic E-state index is 0.0485. The molecule has 24 heavy (non-hydrogen) atoms. The van der Waals surface area contributed by atoms with Gasteiger partial charge >= 0.3 is 0 Å². The number of carbonyl (C=O) groups excluding carboxylic acids is 2. The highest BCUT2D eigenvalue weighted by Gasteiger charge is 2.45. The molecule has 0 saturated carbocycles. The third-order valence-corrected chi connectivity index (χ3v) is 4.86. The summed E-state index contributed by atoms with van der Waals surface area (Å²) in [6.45, 7) is 1.70. The molecule has 0 N–H and O–H groups in total. The highest BCUT2D eigenvalue weighted by Crippen LogP contribution is 2.32. The summed E-state index contributed by atoms with van der Waals surface area (Å²) in [5.41, 5.74) is 0. The fraction of sp³-hybridized carbons (Fsp3) is 0.500. The Kier molecular flexibility index (Phi) is 3.59. The van der Waals surface area contributed by atoms with Gasteiger partial charge in [0.05, 0.1) is 18.2 Å². The zero-order valence-electron chi connectivity index (χ0n) is 13.5. The molecule has 0 aromatic carbocycles. The molecule has 2 amide bonds. The second kappa shape index (κ2) is 5.77. The van der Waals surface area contributed by atoms with Crippen LogP contribution in [-0.2, 0) is 11.3 Å². The molecule has 8 heteroatoms. The molecule has 4 heterocycles. The molecule has 4 rings (SSSR count). The van der Waals surface area contributed by atoms with Gasteiger partial charge in [-0.3, -0.25) is 9.59 Å². The third kappa shape index (κ3) is 2.47. The second-order valence-corrected chi connectivity index (χ2v) is 6.40. The molecule has 2 aromatic heterocycles. The van der Waals surface area contributed by atoms with Crippen LogP contribution in [0.3, 0.4) is 0 Å². The fourth-order valence-electron chi connectivity index (χ4n) is 3.67. The molecule has 2 aliphatic heterocycles. The fourth-order valence-corrected chi connectivity index (χ4v) is 3.67. The number of hydrogen-bond acceptors (Lipinski definition) is 5. The van der Waals surface area contributed by atoms with E-state index in [1.54, 1.807) is 46.1 Å². The van der Waals surface area contributed by atoms with Crippen LogP contribution in [-0.4, -0.2) is 62.8 Å². The minimum Gasteiger partial charge on any atom is -0.454 e. The van der Waals surface area contributed by atoms with Crippen molar-refractivity contribution in [2.45, 2.75) is 25.4 Å². The van der Waals surface area contributed by atoms with E-state index in [1.807, 2.05) is 0 Å². The standard InChI is InChI=1S/C16H19N5O3/c1-19-10-13-12(15(19)22)3-2-7-21(13)16(23)14-5-4-11(24-14)9-20-8-6-17-18-20/h4-6,8,12-13H,2-3,7,9-10H2,1H3/t12-,13-/m1/s1. The summed E-state index contributed by atoms with van der Waals surface area (Å²) >= 11 is 0. The van der Waals surface area contributed by atoms with E-state index >= 15 is 0 Å². The van der Waals surface area contributed by atoms with Crippen molar-refractivity contribution in [3.05, 3.63) is 36.0 Å². The lowest BCUT2D eigenvalue weighted by atomic mass is 9.91. The van der Waals surface area contributed by atoms with Gasteiger partial charge in [-0.25, -0.2) is 4.68 Å². The summed E-state index contributed by atoms with van der Waals surface area (Å²) in [5, 5.41) is 7.63. The number of rotatable bonds is 3. The molecular weight excluding hydrogens is 310 g/mol.